The van der Waals surface area contributed by atoms with E-state index in [1.54, 1.807) is 24.3 Å². The Bertz CT molecular complexity index is 557. The first-order chi connectivity index (χ1) is 8.15. The minimum absolute atomic E-state index is 0.0509. The fraction of sp³-hybridized carbons (Fsp3) is 0. The highest BCUT2D eigenvalue weighted by molar-refractivity contribution is 9.10. The molecule has 0 aliphatic carbocycles. The van der Waals surface area contributed by atoms with Crippen LogP contribution in [0.4, 0.5) is 4.39 Å². The zero-order valence-electron chi connectivity index (χ0n) is 8.69. The number of benzene rings is 1. The first-order valence-corrected chi connectivity index (χ1v) is 6.54. The molecular formula is C13H8BrFOS. The van der Waals surface area contributed by atoms with Gasteiger partial charge in [-0.3, -0.25) is 4.79 Å². The summed E-state index contributed by atoms with van der Waals surface area (Å²) in [6.07, 6.45) is 3.17. The average Bonchev–Trinajstić information content (AvgIpc) is 2.75. The first-order valence-electron chi connectivity index (χ1n) is 4.87. The predicted molar refractivity (Wildman–Crippen MR) is 71.8 cm³/mol. The van der Waals surface area contributed by atoms with Crippen molar-refractivity contribution in [2.24, 2.45) is 0 Å². The molecule has 2 rings (SSSR count). The molecule has 0 spiro atoms. The van der Waals surface area contributed by atoms with Crippen LogP contribution in [0, 0.1) is 5.82 Å². The molecule has 4 heteroatoms. The summed E-state index contributed by atoms with van der Waals surface area (Å²) < 4.78 is 13.6. The van der Waals surface area contributed by atoms with Crippen molar-refractivity contribution in [1.29, 1.82) is 0 Å². The van der Waals surface area contributed by atoms with E-state index < -0.39 is 0 Å². The van der Waals surface area contributed by atoms with E-state index >= 15 is 0 Å². The Morgan fingerprint density at radius 2 is 2.00 bits per heavy atom. The highest BCUT2D eigenvalue weighted by atomic mass is 79.9. The fourth-order valence-corrected chi connectivity index (χ4v) is 2.62. The van der Waals surface area contributed by atoms with Crippen molar-refractivity contribution in [3.63, 3.8) is 0 Å². The van der Waals surface area contributed by atoms with Gasteiger partial charge in [0.15, 0.2) is 5.78 Å². The number of halogens is 2. The van der Waals surface area contributed by atoms with Crippen LogP contribution < -0.4 is 0 Å². The molecule has 0 amide bonds. The van der Waals surface area contributed by atoms with Gasteiger partial charge >= 0.3 is 0 Å². The Balaban J connectivity index is 2.10. The second-order valence-corrected chi connectivity index (χ2v) is 5.21. The molecule has 0 aliphatic rings. The molecule has 0 saturated heterocycles. The van der Waals surface area contributed by atoms with Gasteiger partial charge in [-0.05, 0) is 45.8 Å². The van der Waals surface area contributed by atoms with E-state index in [1.165, 1.54) is 29.5 Å². The van der Waals surface area contributed by atoms with Crippen molar-refractivity contribution in [3.8, 4) is 0 Å². The first kappa shape index (κ1) is 12.2. The van der Waals surface area contributed by atoms with Gasteiger partial charge in [-0.25, -0.2) is 4.39 Å². The minimum atomic E-state index is -0.282. The lowest BCUT2D eigenvalue weighted by Gasteiger charge is -1.92. The zero-order chi connectivity index (χ0) is 12.3. The van der Waals surface area contributed by atoms with Crippen LogP contribution in [0.15, 0.2) is 46.3 Å². The summed E-state index contributed by atoms with van der Waals surface area (Å²) in [6.45, 7) is 0. The summed E-state index contributed by atoms with van der Waals surface area (Å²) in [7, 11) is 0. The van der Waals surface area contributed by atoms with E-state index in [4.69, 9.17) is 0 Å². The third kappa shape index (κ3) is 3.35. The summed E-state index contributed by atoms with van der Waals surface area (Å²) in [5.74, 6) is -0.333. The van der Waals surface area contributed by atoms with Crippen LogP contribution in [0.5, 0.6) is 0 Å². The van der Waals surface area contributed by atoms with Gasteiger partial charge < -0.3 is 0 Å². The quantitative estimate of drug-likeness (QED) is 0.600. The highest BCUT2D eigenvalue weighted by Gasteiger charge is 2.04. The van der Waals surface area contributed by atoms with Crippen molar-refractivity contribution in [3.05, 3.63) is 62.5 Å². The molecule has 86 valence electrons. The van der Waals surface area contributed by atoms with Gasteiger partial charge in [0.2, 0.25) is 0 Å². The van der Waals surface area contributed by atoms with Gasteiger partial charge in [-0.15, -0.1) is 11.3 Å². The van der Waals surface area contributed by atoms with E-state index in [-0.39, 0.29) is 11.6 Å². The van der Waals surface area contributed by atoms with Gasteiger partial charge in [0, 0.05) is 9.85 Å². The van der Waals surface area contributed by atoms with Crippen molar-refractivity contribution in [1.82, 2.24) is 0 Å². The van der Waals surface area contributed by atoms with E-state index in [0.717, 1.165) is 10.0 Å². The lowest BCUT2D eigenvalue weighted by molar-refractivity contribution is 0.105. The Hall–Kier alpha value is -1.26. The van der Waals surface area contributed by atoms with Crippen molar-refractivity contribution in [2.45, 2.75) is 0 Å². The van der Waals surface area contributed by atoms with Crippen LogP contribution in [0.3, 0.4) is 0 Å². The van der Waals surface area contributed by atoms with E-state index in [2.05, 4.69) is 15.9 Å². The molecule has 0 aliphatic heterocycles. The van der Waals surface area contributed by atoms with Crippen LogP contribution in [0.25, 0.3) is 6.08 Å². The lowest BCUT2D eigenvalue weighted by Crippen LogP contribution is -1.88. The van der Waals surface area contributed by atoms with Gasteiger partial charge in [-0.1, -0.05) is 18.2 Å². The van der Waals surface area contributed by atoms with Crippen LogP contribution in [0.2, 0.25) is 0 Å². The molecule has 0 radical (unpaired) electrons. The topological polar surface area (TPSA) is 17.1 Å². The average molecular weight is 311 g/mol. The Morgan fingerprint density at radius 3 is 2.59 bits per heavy atom. The normalized spacial score (nSPS) is 10.9. The molecule has 1 aromatic heterocycles. The summed E-state index contributed by atoms with van der Waals surface area (Å²) in [6, 6.07) is 7.77. The van der Waals surface area contributed by atoms with Crippen LogP contribution >= 0.6 is 27.3 Å². The van der Waals surface area contributed by atoms with Gasteiger partial charge in [-0.2, -0.15) is 0 Å². The number of thiophene rings is 1. The number of carbonyl (C=O) groups excluding carboxylic acids is 1. The Morgan fingerprint density at radius 1 is 1.29 bits per heavy atom. The number of carbonyl (C=O) groups is 1. The third-order valence-electron chi connectivity index (χ3n) is 2.11. The molecule has 1 nitrogen and oxygen atoms in total. The lowest BCUT2D eigenvalue weighted by atomic mass is 10.2. The number of hydrogen-bond acceptors (Lipinski definition) is 2. The maximum Gasteiger partial charge on any atom is 0.195 e. The van der Waals surface area contributed by atoms with E-state index in [9.17, 15) is 9.18 Å². The molecule has 0 N–H and O–H groups in total. The minimum Gasteiger partial charge on any atom is -0.288 e. The fourth-order valence-electron chi connectivity index (χ4n) is 1.27. The molecule has 0 atom stereocenters. The maximum atomic E-state index is 12.7. The van der Waals surface area contributed by atoms with Gasteiger partial charge in [0.25, 0.3) is 0 Å². The third-order valence-corrected chi connectivity index (χ3v) is 3.81. The molecule has 17 heavy (non-hydrogen) atoms. The molecule has 0 fully saturated rings. The Labute approximate surface area is 111 Å². The van der Waals surface area contributed by atoms with Crippen LogP contribution in [-0.2, 0) is 0 Å². The smallest absolute Gasteiger partial charge is 0.195 e. The van der Waals surface area contributed by atoms with E-state index in [1.807, 2.05) is 5.38 Å². The molecule has 0 bridgehead atoms. The number of ketones is 1. The van der Waals surface area contributed by atoms with Crippen molar-refractivity contribution >= 4 is 39.1 Å². The van der Waals surface area contributed by atoms with Crippen molar-refractivity contribution in [2.75, 3.05) is 0 Å². The standard InChI is InChI=1S/C13H8BrFOS/c14-10-7-13(17-8-10)12(16)6-3-9-1-4-11(15)5-2-9/h1-8H/b6-3+. The predicted octanol–water partition coefficient (Wildman–Crippen LogP) is 4.55. The molecule has 1 aromatic carbocycles. The molecule has 2 aromatic rings. The van der Waals surface area contributed by atoms with Gasteiger partial charge in [0.1, 0.15) is 5.82 Å². The second kappa shape index (κ2) is 5.38. The van der Waals surface area contributed by atoms with Gasteiger partial charge in [0.05, 0.1) is 4.88 Å². The summed E-state index contributed by atoms with van der Waals surface area (Å²) in [5, 5.41) is 1.86. The SMILES string of the molecule is O=C(/C=C/c1ccc(F)cc1)c1cc(Br)cs1. The maximum absolute atomic E-state index is 12.7. The van der Waals surface area contributed by atoms with E-state index in [0.29, 0.717) is 4.88 Å². The molecule has 1 heterocycles. The summed E-state index contributed by atoms with van der Waals surface area (Å²) >= 11 is 4.68. The zero-order valence-corrected chi connectivity index (χ0v) is 11.1. The largest absolute Gasteiger partial charge is 0.288 e. The number of allylic oxidation sites excluding steroid dienone is 1. The molecule has 0 unspecified atom stereocenters. The van der Waals surface area contributed by atoms with Crippen molar-refractivity contribution < 1.29 is 9.18 Å². The monoisotopic (exact) mass is 310 g/mol. The Kier molecular flexibility index (Phi) is 3.86. The van der Waals surface area contributed by atoms with Crippen LogP contribution in [0.1, 0.15) is 15.2 Å². The molecule has 0 saturated carbocycles. The summed E-state index contributed by atoms with van der Waals surface area (Å²) in [5.41, 5.74) is 0.801. The number of hydrogen-bond donors (Lipinski definition) is 0. The van der Waals surface area contributed by atoms with Crippen LogP contribution in [-0.4, -0.2) is 5.78 Å². The second-order valence-electron chi connectivity index (χ2n) is 3.38. The molecular weight excluding hydrogens is 303 g/mol. The highest BCUT2D eigenvalue weighted by Crippen LogP contribution is 2.20. The summed E-state index contributed by atoms with van der Waals surface area (Å²) in [4.78, 5) is 12.4. The number of rotatable bonds is 3.